The van der Waals surface area contributed by atoms with Crippen LogP contribution in [0.25, 0.3) is 11.0 Å². The molecule has 0 bridgehead atoms. The van der Waals surface area contributed by atoms with Crippen LogP contribution in [0.2, 0.25) is 0 Å². The number of amides is 1. The second-order valence-corrected chi connectivity index (χ2v) is 6.36. The Morgan fingerprint density at radius 3 is 2.25 bits per heavy atom. The first-order chi connectivity index (χ1) is 13.7. The standard InChI is InChI=1S/C22H23N5O/c1-3-27(4-2)21-20(25-18-12-8-9-13-19(18)26-21)17(14-23)22(28)24-15-16-10-6-5-7-11-16/h5-13,17H,3-4,15H2,1-2H3,(H,24,28)/t17-/m1/s1. The third kappa shape index (κ3) is 4.09. The number of fused-ring (bicyclic) bond motifs is 1. The highest BCUT2D eigenvalue weighted by atomic mass is 16.1. The van der Waals surface area contributed by atoms with Gasteiger partial charge >= 0.3 is 0 Å². The number of hydrogen-bond donors (Lipinski definition) is 1. The normalized spacial score (nSPS) is 11.6. The molecule has 0 saturated carbocycles. The summed E-state index contributed by atoms with van der Waals surface area (Å²) in [6, 6.07) is 19.2. The number of nitrogens with one attached hydrogen (secondary N) is 1. The molecule has 1 aromatic heterocycles. The van der Waals surface area contributed by atoms with E-state index in [0.29, 0.717) is 36.7 Å². The maximum atomic E-state index is 12.8. The average molecular weight is 373 g/mol. The van der Waals surface area contributed by atoms with Crippen molar-refractivity contribution in [2.24, 2.45) is 0 Å². The minimum absolute atomic E-state index is 0.361. The van der Waals surface area contributed by atoms with Crippen molar-refractivity contribution in [3.8, 4) is 6.07 Å². The molecule has 6 heteroatoms. The summed E-state index contributed by atoms with van der Waals surface area (Å²) in [7, 11) is 0. The molecular formula is C22H23N5O. The van der Waals surface area contributed by atoms with E-state index >= 15 is 0 Å². The van der Waals surface area contributed by atoms with Gasteiger partial charge in [0.1, 0.15) is 5.69 Å². The second-order valence-electron chi connectivity index (χ2n) is 6.36. The Morgan fingerprint density at radius 1 is 1.04 bits per heavy atom. The minimum Gasteiger partial charge on any atom is -0.356 e. The highest BCUT2D eigenvalue weighted by Crippen LogP contribution is 2.27. The van der Waals surface area contributed by atoms with Crippen LogP contribution in [-0.4, -0.2) is 29.0 Å². The molecule has 6 nitrogen and oxygen atoms in total. The summed E-state index contributed by atoms with van der Waals surface area (Å²) in [5.41, 5.74) is 2.79. The molecule has 0 fully saturated rings. The third-order valence-electron chi connectivity index (χ3n) is 4.62. The van der Waals surface area contributed by atoms with Crippen molar-refractivity contribution >= 4 is 22.8 Å². The van der Waals surface area contributed by atoms with Crippen molar-refractivity contribution in [1.29, 1.82) is 5.26 Å². The number of nitriles is 1. The molecule has 0 aliphatic carbocycles. The van der Waals surface area contributed by atoms with E-state index in [1.54, 1.807) is 0 Å². The molecule has 3 rings (SSSR count). The van der Waals surface area contributed by atoms with Crippen LogP contribution in [0, 0.1) is 11.3 Å². The van der Waals surface area contributed by atoms with Gasteiger partial charge < -0.3 is 10.2 Å². The highest BCUT2D eigenvalue weighted by molar-refractivity contribution is 5.88. The number of rotatable bonds is 7. The number of aromatic nitrogens is 2. The highest BCUT2D eigenvalue weighted by Gasteiger charge is 2.28. The average Bonchev–Trinajstić information content (AvgIpc) is 2.74. The van der Waals surface area contributed by atoms with E-state index in [9.17, 15) is 10.1 Å². The Labute approximate surface area is 164 Å². The van der Waals surface area contributed by atoms with Gasteiger partial charge in [-0.05, 0) is 31.5 Å². The summed E-state index contributed by atoms with van der Waals surface area (Å²) in [6.45, 7) is 5.81. The van der Waals surface area contributed by atoms with Gasteiger partial charge in [-0.15, -0.1) is 0 Å². The van der Waals surface area contributed by atoms with Crippen LogP contribution in [0.5, 0.6) is 0 Å². The Bertz CT molecular complexity index is 993. The quantitative estimate of drug-likeness (QED) is 0.686. The fourth-order valence-electron chi connectivity index (χ4n) is 3.08. The summed E-state index contributed by atoms with van der Waals surface area (Å²) in [5, 5.41) is 12.6. The van der Waals surface area contributed by atoms with E-state index in [1.807, 2.05) is 73.3 Å². The van der Waals surface area contributed by atoms with Crippen LogP contribution in [0.15, 0.2) is 54.6 Å². The van der Waals surface area contributed by atoms with Gasteiger partial charge in [-0.3, -0.25) is 4.79 Å². The van der Waals surface area contributed by atoms with Crippen LogP contribution < -0.4 is 10.2 Å². The van der Waals surface area contributed by atoms with Gasteiger partial charge in [0.15, 0.2) is 11.7 Å². The van der Waals surface area contributed by atoms with Crippen LogP contribution >= 0.6 is 0 Å². The number of carbonyl (C=O) groups is 1. The van der Waals surface area contributed by atoms with Crippen molar-refractivity contribution in [2.45, 2.75) is 26.3 Å². The molecule has 1 amide bonds. The fourth-order valence-corrected chi connectivity index (χ4v) is 3.08. The lowest BCUT2D eigenvalue weighted by atomic mass is 10.0. The first-order valence-corrected chi connectivity index (χ1v) is 9.40. The molecule has 3 aromatic rings. The molecule has 1 heterocycles. The first-order valence-electron chi connectivity index (χ1n) is 9.40. The molecule has 0 aliphatic rings. The zero-order valence-corrected chi connectivity index (χ0v) is 16.1. The maximum absolute atomic E-state index is 12.8. The summed E-state index contributed by atoms with van der Waals surface area (Å²) in [5.74, 6) is -0.814. The molecule has 0 saturated heterocycles. The van der Waals surface area contributed by atoms with Crippen LogP contribution in [-0.2, 0) is 11.3 Å². The largest absolute Gasteiger partial charge is 0.356 e. The first kappa shape index (κ1) is 19.3. The molecule has 2 aromatic carbocycles. The Hall–Kier alpha value is -3.46. The predicted molar refractivity (Wildman–Crippen MR) is 110 cm³/mol. The molecule has 0 aliphatic heterocycles. The summed E-state index contributed by atoms with van der Waals surface area (Å²) < 4.78 is 0. The SMILES string of the molecule is CCN(CC)c1nc2ccccc2nc1[C@@H](C#N)C(=O)NCc1ccccc1. The Kier molecular flexibility index (Phi) is 6.18. The molecule has 1 N–H and O–H groups in total. The van der Waals surface area contributed by atoms with Crippen LogP contribution in [0.1, 0.15) is 31.0 Å². The van der Waals surface area contributed by atoms with Gasteiger partial charge in [0.05, 0.1) is 17.1 Å². The fraction of sp³-hybridized carbons (Fsp3) is 0.273. The summed E-state index contributed by atoms with van der Waals surface area (Å²) >= 11 is 0. The Morgan fingerprint density at radius 2 is 1.64 bits per heavy atom. The number of carbonyl (C=O) groups excluding carboxylic acids is 1. The van der Waals surface area contributed by atoms with Crippen LogP contribution in [0.3, 0.4) is 0 Å². The lowest BCUT2D eigenvalue weighted by Gasteiger charge is -2.24. The molecule has 1 atom stereocenters. The van der Waals surface area contributed by atoms with Gasteiger partial charge in [-0.25, -0.2) is 9.97 Å². The maximum Gasteiger partial charge on any atom is 0.243 e. The lowest BCUT2D eigenvalue weighted by molar-refractivity contribution is -0.121. The number of benzene rings is 2. The van der Waals surface area contributed by atoms with E-state index in [-0.39, 0.29) is 5.91 Å². The third-order valence-corrected chi connectivity index (χ3v) is 4.62. The smallest absolute Gasteiger partial charge is 0.243 e. The molecule has 28 heavy (non-hydrogen) atoms. The molecule has 142 valence electrons. The van der Waals surface area contributed by atoms with Gasteiger partial charge in [0.25, 0.3) is 0 Å². The number of nitrogens with zero attached hydrogens (tertiary/aromatic N) is 4. The monoisotopic (exact) mass is 373 g/mol. The second kappa shape index (κ2) is 8.96. The van der Waals surface area contributed by atoms with E-state index < -0.39 is 5.92 Å². The zero-order chi connectivity index (χ0) is 19.9. The minimum atomic E-state index is -1.03. The molecule has 0 spiro atoms. The van der Waals surface area contributed by atoms with Gasteiger partial charge in [-0.1, -0.05) is 42.5 Å². The van der Waals surface area contributed by atoms with Crippen molar-refractivity contribution in [2.75, 3.05) is 18.0 Å². The van der Waals surface area contributed by atoms with E-state index in [1.165, 1.54) is 0 Å². The van der Waals surface area contributed by atoms with Gasteiger partial charge in [-0.2, -0.15) is 5.26 Å². The van der Waals surface area contributed by atoms with Crippen molar-refractivity contribution in [1.82, 2.24) is 15.3 Å². The molecular weight excluding hydrogens is 350 g/mol. The summed E-state index contributed by atoms with van der Waals surface area (Å²) in [6.07, 6.45) is 0. The number of para-hydroxylation sites is 2. The Balaban J connectivity index is 1.97. The molecule has 0 unspecified atom stereocenters. The predicted octanol–water partition coefficient (Wildman–Crippen LogP) is 3.40. The molecule has 0 radical (unpaired) electrons. The summed E-state index contributed by atoms with van der Waals surface area (Å²) in [4.78, 5) is 24.2. The number of hydrogen-bond acceptors (Lipinski definition) is 5. The lowest BCUT2D eigenvalue weighted by Crippen LogP contribution is -2.32. The topological polar surface area (TPSA) is 81.9 Å². The van der Waals surface area contributed by atoms with E-state index in [4.69, 9.17) is 4.98 Å². The van der Waals surface area contributed by atoms with Gasteiger partial charge in [0, 0.05) is 19.6 Å². The number of anilines is 1. The van der Waals surface area contributed by atoms with E-state index in [0.717, 1.165) is 11.1 Å². The zero-order valence-electron chi connectivity index (χ0n) is 16.1. The van der Waals surface area contributed by atoms with Gasteiger partial charge in [0.2, 0.25) is 5.91 Å². The van der Waals surface area contributed by atoms with Crippen molar-refractivity contribution in [3.63, 3.8) is 0 Å². The van der Waals surface area contributed by atoms with Crippen molar-refractivity contribution < 1.29 is 4.79 Å². The van der Waals surface area contributed by atoms with E-state index in [2.05, 4.69) is 16.4 Å². The van der Waals surface area contributed by atoms with Crippen molar-refractivity contribution in [3.05, 3.63) is 65.9 Å². The van der Waals surface area contributed by atoms with Crippen LogP contribution in [0.4, 0.5) is 5.82 Å².